The second kappa shape index (κ2) is 11.0. The van der Waals surface area contributed by atoms with Gasteiger partial charge in [0.05, 0.1) is 0 Å². The first kappa shape index (κ1) is 19.5. The maximum absolute atomic E-state index is 11.8. The molecule has 1 aliphatic rings. The van der Waals surface area contributed by atoms with E-state index in [4.69, 9.17) is 0 Å². The van der Waals surface area contributed by atoms with Crippen molar-refractivity contribution in [2.45, 2.75) is 31.8 Å². The van der Waals surface area contributed by atoms with Gasteiger partial charge in [-0.3, -0.25) is 9.79 Å². The highest BCUT2D eigenvalue weighted by Gasteiger charge is 2.11. The molecule has 1 aromatic carbocycles. The minimum Gasteiger partial charge on any atom is -0.356 e. The normalized spacial score (nSPS) is 14.2. The fraction of sp³-hybridized carbons (Fsp3) is 0.412. The molecule has 1 aromatic rings. The lowest BCUT2D eigenvalue weighted by Gasteiger charge is -2.16. The summed E-state index contributed by atoms with van der Waals surface area (Å²) in [7, 11) is 1.74. The van der Waals surface area contributed by atoms with Crippen molar-refractivity contribution in [3.63, 3.8) is 0 Å². The number of hydrogen-bond acceptors (Lipinski definition) is 2. The van der Waals surface area contributed by atoms with Crippen LogP contribution in [0.4, 0.5) is 0 Å². The first-order chi connectivity index (χ1) is 10.8. The molecule has 0 aliphatic heterocycles. The van der Waals surface area contributed by atoms with Gasteiger partial charge in [-0.25, -0.2) is 0 Å². The van der Waals surface area contributed by atoms with Gasteiger partial charge in [-0.05, 0) is 18.4 Å². The molecular formula is C17H25IN4O. The number of carbonyl (C=O) groups excluding carboxylic acids is 1. The van der Waals surface area contributed by atoms with Crippen LogP contribution in [0.5, 0.6) is 0 Å². The molecule has 0 saturated carbocycles. The van der Waals surface area contributed by atoms with Crippen LogP contribution in [0.3, 0.4) is 0 Å². The van der Waals surface area contributed by atoms with Gasteiger partial charge in [0.1, 0.15) is 0 Å². The van der Waals surface area contributed by atoms with Gasteiger partial charge in [-0.2, -0.15) is 0 Å². The fourth-order valence-electron chi connectivity index (χ4n) is 2.30. The Morgan fingerprint density at radius 1 is 1.17 bits per heavy atom. The Balaban J connectivity index is 0.00000264. The van der Waals surface area contributed by atoms with Crippen molar-refractivity contribution in [1.82, 2.24) is 16.0 Å². The van der Waals surface area contributed by atoms with Gasteiger partial charge in [0.15, 0.2) is 5.96 Å². The minimum atomic E-state index is 0. The van der Waals surface area contributed by atoms with Crippen molar-refractivity contribution in [2.24, 2.45) is 4.99 Å². The Morgan fingerprint density at radius 2 is 1.87 bits per heavy atom. The first-order valence-electron chi connectivity index (χ1n) is 7.70. The van der Waals surface area contributed by atoms with Gasteiger partial charge in [-0.1, -0.05) is 42.5 Å². The lowest BCUT2D eigenvalue weighted by atomic mass is 10.2. The summed E-state index contributed by atoms with van der Waals surface area (Å²) in [4.78, 5) is 16.0. The quantitative estimate of drug-likeness (QED) is 0.282. The third-order valence-corrected chi connectivity index (χ3v) is 3.55. The van der Waals surface area contributed by atoms with Crippen molar-refractivity contribution < 1.29 is 4.79 Å². The molecule has 0 bridgehead atoms. The Morgan fingerprint density at radius 3 is 2.52 bits per heavy atom. The number of nitrogens with zero attached hydrogens (tertiary/aromatic N) is 1. The summed E-state index contributed by atoms with van der Waals surface area (Å²) in [6.07, 6.45) is 6.82. The standard InChI is InChI=1S/C17H24N4O.HI/c1-18-17(21-15-9-5-6-10-15)19-12-11-16(22)20-13-14-7-3-2-4-8-14;/h2-8,15H,9-13H2,1H3,(H,20,22)(H2,18,19,21);1H. The summed E-state index contributed by atoms with van der Waals surface area (Å²) in [5, 5.41) is 9.43. The predicted molar refractivity (Wildman–Crippen MR) is 105 cm³/mol. The number of rotatable bonds is 6. The highest BCUT2D eigenvalue weighted by molar-refractivity contribution is 14.0. The molecule has 0 atom stereocenters. The summed E-state index contributed by atoms with van der Waals surface area (Å²) in [5.41, 5.74) is 1.11. The number of amides is 1. The highest BCUT2D eigenvalue weighted by atomic mass is 127. The molecule has 2 rings (SSSR count). The number of halogens is 1. The Bertz CT molecular complexity index is 523. The van der Waals surface area contributed by atoms with E-state index in [1.54, 1.807) is 7.05 Å². The van der Waals surface area contributed by atoms with Crippen molar-refractivity contribution >= 4 is 35.8 Å². The molecule has 1 amide bonds. The first-order valence-corrected chi connectivity index (χ1v) is 7.70. The molecule has 0 fully saturated rings. The third kappa shape index (κ3) is 7.49. The van der Waals surface area contributed by atoms with E-state index in [0.717, 1.165) is 24.4 Å². The maximum atomic E-state index is 11.8. The topological polar surface area (TPSA) is 65.5 Å². The van der Waals surface area contributed by atoms with E-state index in [-0.39, 0.29) is 29.9 Å². The number of benzene rings is 1. The number of nitrogens with one attached hydrogen (secondary N) is 3. The zero-order valence-corrected chi connectivity index (χ0v) is 15.7. The summed E-state index contributed by atoms with van der Waals surface area (Å²) in [5.74, 6) is 0.791. The number of carbonyl (C=O) groups is 1. The summed E-state index contributed by atoms with van der Waals surface area (Å²) < 4.78 is 0. The van der Waals surface area contributed by atoms with E-state index >= 15 is 0 Å². The Kier molecular flexibility index (Phi) is 9.35. The summed E-state index contributed by atoms with van der Waals surface area (Å²) in [6.45, 7) is 1.14. The molecule has 5 nitrogen and oxygen atoms in total. The monoisotopic (exact) mass is 428 g/mol. The zero-order chi connectivity index (χ0) is 15.6. The van der Waals surface area contributed by atoms with Crippen molar-refractivity contribution in [2.75, 3.05) is 13.6 Å². The largest absolute Gasteiger partial charge is 0.356 e. The average molecular weight is 428 g/mol. The van der Waals surface area contributed by atoms with Gasteiger partial charge < -0.3 is 16.0 Å². The molecule has 0 heterocycles. The van der Waals surface area contributed by atoms with E-state index in [0.29, 0.717) is 25.6 Å². The molecule has 126 valence electrons. The SMILES string of the molecule is CN=C(NCCC(=O)NCc1ccccc1)NC1CC=CC1.I. The van der Waals surface area contributed by atoms with Crippen LogP contribution in [0.2, 0.25) is 0 Å². The van der Waals surface area contributed by atoms with Crippen LogP contribution >= 0.6 is 24.0 Å². The van der Waals surface area contributed by atoms with E-state index in [9.17, 15) is 4.79 Å². The number of hydrogen-bond donors (Lipinski definition) is 3. The smallest absolute Gasteiger partial charge is 0.222 e. The maximum Gasteiger partial charge on any atom is 0.222 e. The second-order valence-corrected chi connectivity index (χ2v) is 5.30. The third-order valence-electron chi connectivity index (χ3n) is 3.55. The van der Waals surface area contributed by atoms with Crippen LogP contribution in [0.15, 0.2) is 47.5 Å². The Labute approximate surface area is 155 Å². The van der Waals surface area contributed by atoms with E-state index in [1.165, 1.54) is 0 Å². The van der Waals surface area contributed by atoms with Crippen LogP contribution < -0.4 is 16.0 Å². The molecule has 1 aliphatic carbocycles. The van der Waals surface area contributed by atoms with E-state index < -0.39 is 0 Å². The second-order valence-electron chi connectivity index (χ2n) is 5.30. The number of guanidine groups is 1. The average Bonchev–Trinajstić information content (AvgIpc) is 3.06. The lowest BCUT2D eigenvalue weighted by Crippen LogP contribution is -2.43. The molecule has 0 unspecified atom stereocenters. The predicted octanol–water partition coefficient (Wildman–Crippen LogP) is 2.19. The minimum absolute atomic E-state index is 0. The van der Waals surface area contributed by atoms with Crippen LogP contribution in [-0.4, -0.2) is 31.5 Å². The van der Waals surface area contributed by atoms with E-state index in [2.05, 4.69) is 33.1 Å². The van der Waals surface area contributed by atoms with Gasteiger partial charge in [0.25, 0.3) is 0 Å². The van der Waals surface area contributed by atoms with Crippen LogP contribution in [0, 0.1) is 0 Å². The summed E-state index contributed by atoms with van der Waals surface area (Å²) >= 11 is 0. The number of aliphatic imine (C=N–C) groups is 1. The molecular weight excluding hydrogens is 403 g/mol. The molecule has 0 spiro atoms. The van der Waals surface area contributed by atoms with Gasteiger partial charge in [-0.15, -0.1) is 24.0 Å². The molecule has 0 radical (unpaired) electrons. The Hall–Kier alpha value is -1.57. The molecule has 3 N–H and O–H groups in total. The molecule has 23 heavy (non-hydrogen) atoms. The van der Waals surface area contributed by atoms with Crippen molar-refractivity contribution in [1.29, 1.82) is 0 Å². The van der Waals surface area contributed by atoms with Gasteiger partial charge in [0.2, 0.25) is 5.91 Å². The highest BCUT2D eigenvalue weighted by Crippen LogP contribution is 2.08. The molecule has 0 aromatic heterocycles. The van der Waals surface area contributed by atoms with Crippen LogP contribution in [0.1, 0.15) is 24.8 Å². The van der Waals surface area contributed by atoms with E-state index in [1.807, 2.05) is 30.3 Å². The van der Waals surface area contributed by atoms with Crippen molar-refractivity contribution in [3.05, 3.63) is 48.0 Å². The molecule has 0 saturated heterocycles. The lowest BCUT2D eigenvalue weighted by molar-refractivity contribution is -0.121. The fourth-order valence-corrected chi connectivity index (χ4v) is 2.30. The van der Waals surface area contributed by atoms with Gasteiger partial charge in [0, 0.05) is 32.6 Å². The van der Waals surface area contributed by atoms with Crippen LogP contribution in [-0.2, 0) is 11.3 Å². The molecule has 6 heteroatoms. The van der Waals surface area contributed by atoms with Crippen molar-refractivity contribution in [3.8, 4) is 0 Å². The van der Waals surface area contributed by atoms with Gasteiger partial charge >= 0.3 is 0 Å². The zero-order valence-electron chi connectivity index (χ0n) is 13.4. The summed E-state index contributed by atoms with van der Waals surface area (Å²) in [6, 6.07) is 10.3. The van der Waals surface area contributed by atoms with Crippen LogP contribution in [0.25, 0.3) is 0 Å².